The third-order valence-electron chi connectivity index (χ3n) is 4.88. The maximum Gasteiger partial charge on any atom is 0.258 e. The number of benzene rings is 2. The molecule has 2 atom stereocenters. The monoisotopic (exact) mass is 363 g/mol. The van der Waals surface area contributed by atoms with Crippen LogP contribution in [0, 0.1) is 0 Å². The van der Waals surface area contributed by atoms with Crippen molar-refractivity contribution in [3.05, 3.63) is 66.0 Å². The second-order valence-electron chi connectivity index (χ2n) is 6.63. The minimum atomic E-state index is -0.386. The van der Waals surface area contributed by atoms with Crippen LogP contribution in [-0.4, -0.2) is 27.8 Å². The molecule has 27 heavy (non-hydrogen) atoms. The predicted molar refractivity (Wildman–Crippen MR) is 104 cm³/mol. The summed E-state index contributed by atoms with van der Waals surface area (Å²) in [7, 11) is 1.98. The normalized spacial score (nSPS) is 19.7. The fourth-order valence-corrected chi connectivity index (χ4v) is 3.42. The molecule has 7 heteroatoms. The highest BCUT2D eigenvalue weighted by Gasteiger charge is 2.31. The number of phenolic OH excluding ortho intramolecular Hbond substituents is 1. The molecular formula is C20H21N5O2. The smallest absolute Gasteiger partial charge is 0.258 e. The van der Waals surface area contributed by atoms with Crippen LogP contribution in [0.5, 0.6) is 5.75 Å². The molecule has 4 rings (SSSR count). The van der Waals surface area contributed by atoms with E-state index in [0.717, 1.165) is 16.5 Å². The molecule has 1 amide bonds. The van der Waals surface area contributed by atoms with Crippen LogP contribution in [0.4, 0.5) is 0 Å². The van der Waals surface area contributed by atoms with Gasteiger partial charge in [-0.1, -0.05) is 30.3 Å². The first kappa shape index (κ1) is 17.3. The molecular weight excluding hydrogens is 342 g/mol. The molecule has 2 aromatic carbocycles. The van der Waals surface area contributed by atoms with Gasteiger partial charge in [-0.2, -0.15) is 5.10 Å². The number of phenols is 1. The number of hydrazine groups is 1. The Hall–Kier alpha value is -3.16. The van der Waals surface area contributed by atoms with Gasteiger partial charge in [0.2, 0.25) is 0 Å². The third-order valence-corrected chi connectivity index (χ3v) is 4.88. The Labute approximate surface area is 156 Å². The summed E-state index contributed by atoms with van der Waals surface area (Å²) >= 11 is 0. The number of carbonyl (C=O) groups is 1. The van der Waals surface area contributed by atoms with Crippen LogP contribution in [0.15, 0.2) is 59.8 Å². The number of aromatic nitrogens is 1. The lowest BCUT2D eigenvalue weighted by Crippen LogP contribution is -2.41. The van der Waals surface area contributed by atoms with E-state index in [4.69, 9.17) is 0 Å². The lowest BCUT2D eigenvalue weighted by molar-refractivity contribution is -0.122. The summed E-state index contributed by atoms with van der Waals surface area (Å²) in [6.45, 7) is 0. The lowest BCUT2D eigenvalue weighted by Gasteiger charge is -2.10. The number of fused-ring (bicyclic) bond motifs is 1. The molecule has 0 spiro atoms. The van der Waals surface area contributed by atoms with Crippen LogP contribution < -0.4 is 16.3 Å². The zero-order valence-corrected chi connectivity index (χ0v) is 14.9. The summed E-state index contributed by atoms with van der Waals surface area (Å²) in [4.78, 5) is 12.4. The molecule has 138 valence electrons. The van der Waals surface area contributed by atoms with Crippen molar-refractivity contribution in [1.82, 2.24) is 20.8 Å². The second-order valence-corrected chi connectivity index (χ2v) is 6.63. The van der Waals surface area contributed by atoms with Gasteiger partial charge in [0.1, 0.15) is 11.8 Å². The third kappa shape index (κ3) is 3.42. The van der Waals surface area contributed by atoms with Gasteiger partial charge >= 0.3 is 0 Å². The summed E-state index contributed by atoms with van der Waals surface area (Å²) in [6, 6.07) is 14.9. The Morgan fingerprint density at radius 3 is 2.89 bits per heavy atom. The van der Waals surface area contributed by atoms with Gasteiger partial charge in [0.15, 0.2) is 0 Å². The van der Waals surface area contributed by atoms with Gasteiger partial charge in [0.05, 0.1) is 12.3 Å². The number of hydrazone groups is 1. The molecule has 3 aromatic rings. The van der Waals surface area contributed by atoms with Crippen LogP contribution in [0.3, 0.4) is 0 Å². The number of rotatable bonds is 4. The van der Waals surface area contributed by atoms with Gasteiger partial charge in [-0.25, -0.2) is 16.3 Å². The highest BCUT2D eigenvalue weighted by molar-refractivity contribution is 6.02. The molecule has 0 radical (unpaired) electrons. The molecule has 1 aromatic heterocycles. The van der Waals surface area contributed by atoms with Crippen LogP contribution in [0.2, 0.25) is 0 Å². The molecule has 1 saturated heterocycles. The first-order valence-corrected chi connectivity index (χ1v) is 8.79. The molecule has 1 aliphatic heterocycles. The van der Waals surface area contributed by atoms with Gasteiger partial charge in [0.25, 0.3) is 5.91 Å². The minimum Gasteiger partial charge on any atom is -0.507 e. The molecule has 0 aliphatic carbocycles. The summed E-state index contributed by atoms with van der Waals surface area (Å²) in [6.07, 6.45) is 4.08. The van der Waals surface area contributed by atoms with Crippen molar-refractivity contribution in [3.8, 4) is 5.75 Å². The van der Waals surface area contributed by atoms with E-state index < -0.39 is 0 Å². The van der Waals surface area contributed by atoms with E-state index in [0.29, 0.717) is 12.0 Å². The van der Waals surface area contributed by atoms with E-state index in [1.165, 1.54) is 6.21 Å². The number of aryl methyl sites for hydroxylation is 1. The van der Waals surface area contributed by atoms with Crippen molar-refractivity contribution in [3.63, 3.8) is 0 Å². The summed E-state index contributed by atoms with van der Waals surface area (Å²) in [5.74, 6) is -0.105. The van der Waals surface area contributed by atoms with E-state index in [1.54, 1.807) is 6.07 Å². The fraction of sp³-hybridized carbons (Fsp3) is 0.200. The fourth-order valence-electron chi connectivity index (χ4n) is 3.42. The van der Waals surface area contributed by atoms with Crippen molar-refractivity contribution < 1.29 is 9.90 Å². The number of hydrogen-bond acceptors (Lipinski definition) is 5. The van der Waals surface area contributed by atoms with Crippen molar-refractivity contribution in [2.75, 3.05) is 0 Å². The predicted octanol–water partition coefficient (Wildman–Crippen LogP) is 1.94. The summed E-state index contributed by atoms with van der Waals surface area (Å²) in [5, 5.41) is 16.0. The van der Waals surface area contributed by atoms with Crippen molar-refractivity contribution >= 4 is 22.9 Å². The Balaban J connectivity index is 1.43. The number of amides is 1. The van der Waals surface area contributed by atoms with Gasteiger partial charge in [0, 0.05) is 24.5 Å². The van der Waals surface area contributed by atoms with E-state index in [9.17, 15) is 9.90 Å². The minimum absolute atomic E-state index is 0.0619. The Bertz CT molecular complexity index is 1010. The molecule has 4 N–H and O–H groups in total. The van der Waals surface area contributed by atoms with Crippen LogP contribution in [-0.2, 0) is 11.8 Å². The Morgan fingerprint density at radius 1 is 1.22 bits per heavy atom. The highest BCUT2D eigenvalue weighted by atomic mass is 16.3. The molecule has 0 saturated carbocycles. The molecule has 1 aliphatic rings. The molecule has 1 fully saturated rings. The largest absolute Gasteiger partial charge is 0.507 e. The summed E-state index contributed by atoms with van der Waals surface area (Å²) < 4.78 is 2.03. The molecule has 2 heterocycles. The second kappa shape index (κ2) is 7.22. The first-order chi connectivity index (χ1) is 13.1. The molecule has 0 bridgehead atoms. The Kier molecular flexibility index (Phi) is 4.62. The van der Waals surface area contributed by atoms with E-state index in [2.05, 4.69) is 21.4 Å². The standard InChI is InChI=1S/C20H21N5O2/c1-25-10-4-7-18(25)16-11-17(23-22-16)20(27)24-21-12-15-14-6-3-2-5-13(14)8-9-19(15)26/h2-10,12,16-17,22-23,26H,11H2,1H3,(H,24,27)/b21-12+. The molecule has 2 unspecified atom stereocenters. The molecule has 7 nitrogen and oxygen atoms in total. The quantitative estimate of drug-likeness (QED) is 0.421. The van der Waals surface area contributed by atoms with Crippen LogP contribution in [0.25, 0.3) is 10.8 Å². The number of hydrogen-bond donors (Lipinski definition) is 4. The topological polar surface area (TPSA) is 90.7 Å². The van der Waals surface area contributed by atoms with E-state index >= 15 is 0 Å². The van der Waals surface area contributed by atoms with Gasteiger partial charge < -0.3 is 9.67 Å². The van der Waals surface area contributed by atoms with Gasteiger partial charge in [-0.05, 0) is 35.4 Å². The van der Waals surface area contributed by atoms with Gasteiger partial charge in [-0.15, -0.1) is 0 Å². The van der Waals surface area contributed by atoms with E-state index in [1.807, 2.05) is 60.3 Å². The summed E-state index contributed by atoms with van der Waals surface area (Å²) in [5.41, 5.74) is 10.4. The maximum atomic E-state index is 12.4. The van der Waals surface area contributed by atoms with Gasteiger partial charge in [-0.3, -0.25) is 4.79 Å². The van der Waals surface area contributed by atoms with Crippen molar-refractivity contribution in [1.29, 1.82) is 0 Å². The number of aromatic hydroxyl groups is 1. The number of nitrogens with one attached hydrogen (secondary N) is 3. The average molecular weight is 363 g/mol. The van der Waals surface area contributed by atoms with Crippen LogP contribution in [0.1, 0.15) is 23.7 Å². The number of nitrogens with zero attached hydrogens (tertiary/aromatic N) is 2. The zero-order valence-electron chi connectivity index (χ0n) is 14.9. The van der Waals surface area contributed by atoms with Crippen molar-refractivity contribution in [2.45, 2.75) is 18.5 Å². The van der Waals surface area contributed by atoms with Crippen molar-refractivity contribution in [2.24, 2.45) is 12.1 Å². The van der Waals surface area contributed by atoms with Crippen LogP contribution >= 0.6 is 0 Å². The lowest BCUT2D eigenvalue weighted by atomic mass is 10.0. The maximum absolute atomic E-state index is 12.4. The number of carbonyl (C=O) groups excluding carboxylic acids is 1. The SMILES string of the molecule is Cn1cccc1C1CC(C(=O)N/N=C/c2c(O)ccc3ccccc23)NN1. The van der Waals surface area contributed by atoms with E-state index in [-0.39, 0.29) is 23.7 Å². The zero-order chi connectivity index (χ0) is 18.8. The first-order valence-electron chi connectivity index (χ1n) is 8.79. The average Bonchev–Trinajstić information content (AvgIpc) is 3.32. The Morgan fingerprint density at radius 2 is 2.07 bits per heavy atom. The highest BCUT2D eigenvalue weighted by Crippen LogP contribution is 2.25.